The minimum atomic E-state index is -0.291. The van der Waals surface area contributed by atoms with Gasteiger partial charge >= 0.3 is 0 Å². The lowest BCUT2D eigenvalue weighted by atomic mass is 10.2. The third-order valence-electron chi connectivity index (χ3n) is 3.97. The van der Waals surface area contributed by atoms with Crippen LogP contribution in [0.25, 0.3) is 0 Å². The molecule has 1 N–H and O–H groups in total. The number of hydrogen-bond acceptors (Lipinski definition) is 4. The monoisotopic (exact) mass is 255 g/mol. The molecule has 0 aliphatic carbocycles. The zero-order chi connectivity index (χ0) is 13.0. The van der Waals surface area contributed by atoms with Gasteiger partial charge < -0.3 is 15.0 Å². The van der Waals surface area contributed by atoms with Crippen LogP contribution >= 0.6 is 0 Å². The fourth-order valence-electron chi connectivity index (χ4n) is 2.89. The van der Waals surface area contributed by atoms with Gasteiger partial charge in [0.15, 0.2) is 0 Å². The maximum atomic E-state index is 12.2. The SMILES string of the molecule is CCN1CCCC1CN(C)C(=O)C1CNCCO1. The van der Waals surface area contributed by atoms with E-state index in [1.165, 1.54) is 19.4 Å². The van der Waals surface area contributed by atoms with Gasteiger partial charge in [-0.05, 0) is 25.9 Å². The first-order valence-corrected chi connectivity index (χ1v) is 7.03. The molecule has 2 unspecified atom stereocenters. The van der Waals surface area contributed by atoms with Gasteiger partial charge in [-0.2, -0.15) is 0 Å². The normalized spacial score (nSPS) is 29.4. The van der Waals surface area contributed by atoms with Gasteiger partial charge in [0.1, 0.15) is 6.10 Å². The summed E-state index contributed by atoms with van der Waals surface area (Å²) in [4.78, 5) is 16.5. The minimum absolute atomic E-state index is 0.116. The summed E-state index contributed by atoms with van der Waals surface area (Å²) in [7, 11) is 1.90. The average Bonchev–Trinajstić information content (AvgIpc) is 2.86. The van der Waals surface area contributed by atoms with Crippen molar-refractivity contribution in [1.29, 1.82) is 0 Å². The molecule has 2 fully saturated rings. The summed E-state index contributed by atoms with van der Waals surface area (Å²) in [5, 5.41) is 3.20. The molecule has 1 amide bonds. The van der Waals surface area contributed by atoms with Crippen LogP contribution in [0.3, 0.4) is 0 Å². The van der Waals surface area contributed by atoms with Gasteiger partial charge in [0.05, 0.1) is 6.61 Å². The number of ether oxygens (including phenoxy) is 1. The van der Waals surface area contributed by atoms with Crippen molar-refractivity contribution in [2.75, 3.05) is 46.4 Å². The number of likely N-dealkylation sites (tertiary alicyclic amines) is 1. The second kappa shape index (κ2) is 6.50. The Morgan fingerprint density at radius 2 is 2.39 bits per heavy atom. The van der Waals surface area contributed by atoms with Crippen LogP contribution in [0, 0.1) is 0 Å². The Labute approximate surface area is 109 Å². The van der Waals surface area contributed by atoms with Gasteiger partial charge in [-0.15, -0.1) is 0 Å². The van der Waals surface area contributed by atoms with Crippen LogP contribution in [0.1, 0.15) is 19.8 Å². The van der Waals surface area contributed by atoms with E-state index in [9.17, 15) is 4.79 Å². The highest BCUT2D eigenvalue weighted by atomic mass is 16.5. The molecule has 0 aromatic rings. The van der Waals surface area contributed by atoms with Crippen molar-refractivity contribution >= 4 is 5.91 Å². The first-order chi connectivity index (χ1) is 8.72. The minimum Gasteiger partial charge on any atom is -0.366 e. The Kier molecular flexibility index (Phi) is 4.97. The fraction of sp³-hybridized carbons (Fsp3) is 0.923. The highest BCUT2D eigenvalue weighted by Gasteiger charge is 2.29. The Bertz CT molecular complexity index is 279. The van der Waals surface area contributed by atoms with Gasteiger partial charge in [0.25, 0.3) is 5.91 Å². The van der Waals surface area contributed by atoms with E-state index in [1.54, 1.807) is 0 Å². The van der Waals surface area contributed by atoms with Crippen molar-refractivity contribution in [3.63, 3.8) is 0 Å². The molecule has 0 bridgehead atoms. The number of carbonyl (C=O) groups is 1. The van der Waals surface area contributed by atoms with Crippen LogP contribution in [0.4, 0.5) is 0 Å². The molecule has 2 aliphatic heterocycles. The average molecular weight is 255 g/mol. The molecular weight excluding hydrogens is 230 g/mol. The molecule has 2 aliphatic rings. The Hall–Kier alpha value is -0.650. The number of morpholine rings is 1. The predicted octanol–water partition coefficient (Wildman–Crippen LogP) is -0.0825. The lowest BCUT2D eigenvalue weighted by Gasteiger charge is -2.31. The quantitative estimate of drug-likeness (QED) is 0.763. The predicted molar refractivity (Wildman–Crippen MR) is 70.5 cm³/mol. The van der Waals surface area contributed by atoms with E-state index in [4.69, 9.17) is 4.74 Å². The van der Waals surface area contributed by atoms with E-state index in [0.29, 0.717) is 19.2 Å². The molecule has 0 spiro atoms. The van der Waals surface area contributed by atoms with E-state index in [2.05, 4.69) is 17.1 Å². The Morgan fingerprint density at radius 1 is 1.56 bits per heavy atom. The van der Waals surface area contributed by atoms with Crippen molar-refractivity contribution in [3.05, 3.63) is 0 Å². The third kappa shape index (κ3) is 3.22. The molecule has 2 atom stereocenters. The second-order valence-corrected chi connectivity index (χ2v) is 5.21. The summed E-state index contributed by atoms with van der Waals surface area (Å²) in [6.45, 7) is 7.39. The molecular formula is C13H25N3O2. The van der Waals surface area contributed by atoms with Gasteiger partial charge in [0.2, 0.25) is 0 Å². The maximum Gasteiger partial charge on any atom is 0.252 e. The number of carbonyl (C=O) groups excluding carboxylic acids is 1. The highest BCUT2D eigenvalue weighted by Crippen LogP contribution is 2.17. The summed E-state index contributed by atoms with van der Waals surface area (Å²) < 4.78 is 5.51. The van der Waals surface area contributed by atoms with Crippen LogP contribution in [0.15, 0.2) is 0 Å². The zero-order valence-corrected chi connectivity index (χ0v) is 11.5. The zero-order valence-electron chi connectivity index (χ0n) is 11.5. The van der Waals surface area contributed by atoms with Crippen molar-refractivity contribution in [2.24, 2.45) is 0 Å². The lowest BCUT2D eigenvalue weighted by molar-refractivity contribution is -0.144. The number of amides is 1. The van der Waals surface area contributed by atoms with Crippen molar-refractivity contribution < 1.29 is 9.53 Å². The van der Waals surface area contributed by atoms with Crippen molar-refractivity contribution in [1.82, 2.24) is 15.1 Å². The van der Waals surface area contributed by atoms with Crippen LogP contribution < -0.4 is 5.32 Å². The van der Waals surface area contributed by atoms with Crippen LogP contribution in [0.5, 0.6) is 0 Å². The third-order valence-corrected chi connectivity index (χ3v) is 3.97. The first-order valence-electron chi connectivity index (χ1n) is 7.03. The van der Waals surface area contributed by atoms with E-state index >= 15 is 0 Å². The molecule has 0 saturated carbocycles. The number of likely N-dealkylation sites (N-methyl/N-ethyl adjacent to an activating group) is 2. The Balaban J connectivity index is 1.82. The molecule has 0 aromatic heterocycles. The molecule has 18 heavy (non-hydrogen) atoms. The molecule has 104 valence electrons. The van der Waals surface area contributed by atoms with E-state index < -0.39 is 0 Å². The molecule has 2 rings (SSSR count). The number of nitrogens with one attached hydrogen (secondary N) is 1. The number of hydrogen-bond donors (Lipinski definition) is 1. The van der Waals surface area contributed by atoms with E-state index in [-0.39, 0.29) is 12.0 Å². The summed E-state index contributed by atoms with van der Waals surface area (Å²) in [6.07, 6.45) is 2.16. The number of nitrogens with zero attached hydrogens (tertiary/aromatic N) is 2. The molecule has 2 heterocycles. The highest BCUT2D eigenvalue weighted by molar-refractivity contribution is 5.81. The molecule has 2 saturated heterocycles. The second-order valence-electron chi connectivity index (χ2n) is 5.21. The molecule has 5 nitrogen and oxygen atoms in total. The summed E-state index contributed by atoms with van der Waals surface area (Å²) in [5.74, 6) is 0.116. The summed E-state index contributed by atoms with van der Waals surface area (Å²) in [5.41, 5.74) is 0. The molecule has 0 radical (unpaired) electrons. The maximum absolute atomic E-state index is 12.2. The van der Waals surface area contributed by atoms with Crippen LogP contribution in [-0.4, -0.2) is 74.2 Å². The lowest BCUT2D eigenvalue weighted by Crippen LogP contribution is -2.50. The Morgan fingerprint density at radius 3 is 3.06 bits per heavy atom. The van der Waals surface area contributed by atoms with Gasteiger partial charge in [-0.25, -0.2) is 0 Å². The van der Waals surface area contributed by atoms with Crippen LogP contribution in [0.2, 0.25) is 0 Å². The van der Waals surface area contributed by atoms with Gasteiger partial charge in [-0.3, -0.25) is 9.69 Å². The molecule has 0 aromatic carbocycles. The van der Waals surface area contributed by atoms with Crippen molar-refractivity contribution in [2.45, 2.75) is 31.9 Å². The van der Waals surface area contributed by atoms with Gasteiger partial charge in [-0.1, -0.05) is 6.92 Å². The first kappa shape index (κ1) is 13.8. The smallest absolute Gasteiger partial charge is 0.252 e. The fourth-order valence-corrected chi connectivity index (χ4v) is 2.89. The molecule has 5 heteroatoms. The topological polar surface area (TPSA) is 44.8 Å². The van der Waals surface area contributed by atoms with Gasteiger partial charge in [0, 0.05) is 32.7 Å². The largest absolute Gasteiger partial charge is 0.366 e. The standard InChI is InChI=1S/C13H25N3O2/c1-3-16-7-4-5-11(16)10-15(2)13(17)12-9-14-6-8-18-12/h11-12,14H,3-10H2,1-2H3. The van der Waals surface area contributed by atoms with Crippen molar-refractivity contribution in [3.8, 4) is 0 Å². The summed E-state index contributed by atoms with van der Waals surface area (Å²) in [6, 6.07) is 0.528. The van der Waals surface area contributed by atoms with E-state index in [0.717, 1.165) is 19.6 Å². The number of rotatable bonds is 4. The van der Waals surface area contributed by atoms with Crippen LogP contribution in [-0.2, 0) is 9.53 Å². The van der Waals surface area contributed by atoms with E-state index in [1.807, 2.05) is 11.9 Å². The summed E-state index contributed by atoms with van der Waals surface area (Å²) >= 11 is 0.